The molecule has 3 nitrogen and oxygen atoms in total. The van der Waals surface area contributed by atoms with E-state index in [1.54, 1.807) is 0 Å². The third-order valence-electron chi connectivity index (χ3n) is 4.72. The standard InChI is InChI=1S/C18H30N2O/c1-5-21-18-7-6-16(15(4)19)10-17(18)12-20-9-8-13(2)14(3)11-20/h6-7,10,13-15H,5,8-9,11-12,19H2,1-4H3. The summed E-state index contributed by atoms with van der Waals surface area (Å²) in [6.07, 6.45) is 1.29. The largest absolute Gasteiger partial charge is 0.494 e. The lowest BCUT2D eigenvalue weighted by Gasteiger charge is -2.35. The Kier molecular flexibility index (Phi) is 5.65. The molecule has 1 saturated heterocycles. The maximum absolute atomic E-state index is 6.03. The number of hydrogen-bond acceptors (Lipinski definition) is 3. The van der Waals surface area contributed by atoms with Gasteiger partial charge in [-0.15, -0.1) is 0 Å². The smallest absolute Gasteiger partial charge is 0.123 e. The lowest BCUT2D eigenvalue weighted by Crippen LogP contribution is -2.37. The predicted octanol–water partition coefficient (Wildman–Crippen LogP) is 3.58. The summed E-state index contributed by atoms with van der Waals surface area (Å²) < 4.78 is 5.79. The monoisotopic (exact) mass is 290 g/mol. The first-order valence-corrected chi connectivity index (χ1v) is 8.24. The molecule has 1 aliphatic heterocycles. The maximum atomic E-state index is 6.03. The van der Waals surface area contributed by atoms with Crippen molar-refractivity contribution < 1.29 is 4.74 Å². The fraction of sp³-hybridized carbons (Fsp3) is 0.667. The van der Waals surface area contributed by atoms with E-state index in [2.05, 4.69) is 36.9 Å². The average Bonchev–Trinajstić information content (AvgIpc) is 2.45. The van der Waals surface area contributed by atoms with Crippen LogP contribution in [0.2, 0.25) is 0 Å². The number of ether oxygens (including phenoxy) is 1. The van der Waals surface area contributed by atoms with Crippen LogP contribution in [0.25, 0.3) is 0 Å². The van der Waals surface area contributed by atoms with E-state index >= 15 is 0 Å². The molecular formula is C18H30N2O. The Morgan fingerprint density at radius 3 is 2.71 bits per heavy atom. The molecule has 0 saturated carbocycles. The lowest BCUT2D eigenvalue weighted by molar-refractivity contribution is 0.131. The molecule has 0 aromatic heterocycles. The highest BCUT2D eigenvalue weighted by Crippen LogP contribution is 2.28. The first-order chi connectivity index (χ1) is 10.0. The summed E-state index contributed by atoms with van der Waals surface area (Å²) in [6.45, 7) is 12.8. The van der Waals surface area contributed by atoms with Crippen molar-refractivity contribution in [1.82, 2.24) is 4.90 Å². The van der Waals surface area contributed by atoms with Crippen molar-refractivity contribution in [3.63, 3.8) is 0 Å². The predicted molar refractivity (Wildman–Crippen MR) is 88.4 cm³/mol. The Labute approximate surface area is 129 Å². The van der Waals surface area contributed by atoms with Crippen LogP contribution in [0.5, 0.6) is 5.75 Å². The molecule has 1 fully saturated rings. The van der Waals surface area contributed by atoms with Crippen LogP contribution in [0.1, 0.15) is 51.3 Å². The third kappa shape index (κ3) is 4.21. The van der Waals surface area contributed by atoms with E-state index in [1.807, 2.05) is 13.8 Å². The first kappa shape index (κ1) is 16.3. The molecule has 1 aliphatic rings. The van der Waals surface area contributed by atoms with Gasteiger partial charge in [0.1, 0.15) is 5.75 Å². The number of likely N-dealkylation sites (tertiary alicyclic amines) is 1. The molecule has 0 aliphatic carbocycles. The molecule has 0 amide bonds. The van der Waals surface area contributed by atoms with Gasteiger partial charge in [-0.3, -0.25) is 4.90 Å². The second-order valence-electron chi connectivity index (χ2n) is 6.57. The van der Waals surface area contributed by atoms with Crippen LogP contribution >= 0.6 is 0 Å². The molecule has 21 heavy (non-hydrogen) atoms. The van der Waals surface area contributed by atoms with Crippen molar-refractivity contribution in [2.45, 2.75) is 46.7 Å². The molecule has 0 bridgehead atoms. The molecule has 3 atom stereocenters. The molecular weight excluding hydrogens is 260 g/mol. The van der Waals surface area contributed by atoms with E-state index in [1.165, 1.54) is 30.6 Å². The van der Waals surface area contributed by atoms with Crippen LogP contribution in [0.3, 0.4) is 0 Å². The second kappa shape index (κ2) is 7.28. The summed E-state index contributed by atoms with van der Waals surface area (Å²) in [5.41, 5.74) is 8.48. The molecule has 3 heteroatoms. The Balaban J connectivity index is 2.14. The molecule has 2 N–H and O–H groups in total. The minimum Gasteiger partial charge on any atom is -0.494 e. The van der Waals surface area contributed by atoms with Gasteiger partial charge in [-0.05, 0) is 56.3 Å². The van der Waals surface area contributed by atoms with Gasteiger partial charge in [-0.25, -0.2) is 0 Å². The Bertz CT molecular complexity index is 459. The Morgan fingerprint density at radius 1 is 1.33 bits per heavy atom. The van der Waals surface area contributed by atoms with Crippen LogP contribution in [0.4, 0.5) is 0 Å². The summed E-state index contributed by atoms with van der Waals surface area (Å²) in [4.78, 5) is 2.55. The van der Waals surface area contributed by atoms with Gasteiger partial charge < -0.3 is 10.5 Å². The summed E-state index contributed by atoms with van der Waals surface area (Å²) in [7, 11) is 0. The number of rotatable bonds is 5. The Hall–Kier alpha value is -1.06. The Morgan fingerprint density at radius 2 is 2.10 bits per heavy atom. The van der Waals surface area contributed by atoms with E-state index in [-0.39, 0.29) is 6.04 Å². The minimum absolute atomic E-state index is 0.0692. The molecule has 118 valence electrons. The van der Waals surface area contributed by atoms with E-state index in [0.717, 1.165) is 24.1 Å². The number of nitrogens with zero attached hydrogens (tertiary/aromatic N) is 1. The van der Waals surface area contributed by atoms with Crippen LogP contribution in [0, 0.1) is 11.8 Å². The lowest BCUT2D eigenvalue weighted by atomic mass is 9.88. The van der Waals surface area contributed by atoms with Gasteiger partial charge in [0.15, 0.2) is 0 Å². The second-order valence-corrected chi connectivity index (χ2v) is 6.57. The summed E-state index contributed by atoms with van der Waals surface area (Å²) in [5.74, 6) is 2.61. The summed E-state index contributed by atoms with van der Waals surface area (Å²) in [6, 6.07) is 6.45. The van der Waals surface area contributed by atoms with Crippen LogP contribution < -0.4 is 10.5 Å². The van der Waals surface area contributed by atoms with Crippen LogP contribution in [0.15, 0.2) is 18.2 Å². The molecule has 0 radical (unpaired) electrons. The van der Waals surface area contributed by atoms with E-state index in [9.17, 15) is 0 Å². The molecule has 2 rings (SSSR count). The van der Waals surface area contributed by atoms with Crippen molar-refractivity contribution >= 4 is 0 Å². The van der Waals surface area contributed by atoms with E-state index in [4.69, 9.17) is 10.5 Å². The van der Waals surface area contributed by atoms with E-state index in [0.29, 0.717) is 6.61 Å². The first-order valence-electron chi connectivity index (χ1n) is 8.24. The van der Waals surface area contributed by atoms with Gasteiger partial charge in [-0.1, -0.05) is 19.9 Å². The van der Waals surface area contributed by atoms with Crippen molar-refractivity contribution in [3.8, 4) is 5.75 Å². The molecule has 0 spiro atoms. The van der Waals surface area contributed by atoms with Crippen LogP contribution in [-0.2, 0) is 6.54 Å². The highest BCUT2D eigenvalue weighted by molar-refractivity contribution is 5.38. The van der Waals surface area contributed by atoms with Crippen molar-refractivity contribution in [1.29, 1.82) is 0 Å². The van der Waals surface area contributed by atoms with Crippen molar-refractivity contribution in [3.05, 3.63) is 29.3 Å². The van der Waals surface area contributed by atoms with Gasteiger partial charge in [0, 0.05) is 24.7 Å². The minimum atomic E-state index is 0.0692. The zero-order valence-corrected chi connectivity index (χ0v) is 13.9. The zero-order chi connectivity index (χ0) is 15.4. The molecule has 1 aromatic carbocycles. The maximum Gasteiger partial charge on any atom is 0.123 e. The van der Waals surface area contributed by atoms with Gasteiger partial charge in [0.05, 0.1) is 6.61 Å². The highest BCUT2D eigenvalue weighted by Gasteiger charge is 2.23. The fourth-order valence-corrected chi connectivity index (χ4v) is 3.04. The molecule has 1 heterocycles. The van der Waals surface area contributed by atoms with Crippen molar-refractivity contribution in [2.75, 3.05) is 19.7 Å². The number of nitrogens with two attached hydrogens (primary N) is 1. The van der Waals surface area contributed by atoms with Crippen molar-refractivity contribution in [2.24, 2.45) is 17.6 Å². The third-order valence-corrected chi connectivity index (χ3v) is 4.72. The number of hydrogen-bond donors (Lipinski definition) is 1. The fourth-order valence-electron chi connectivity index (χ4n) is 3.04. The topological polar surface area (TPSA) is 38.5 Å². The summed E-state index contributed by atoms with van der Waals surface area (Å²) >= 11 is 0. The quantitative estimate of drug-likeness (QED) is 0.900. The van der Waals surface area contributed by atoms with E-state index < -0.39 is 0 Å². The van der Waals surface area contributed by atoms with Gasteiger partial charge in [-0.2, -0.15) is 0 Å². The van der Waals surface area contributed by atoms with Crippen LogP contribution in [-0.4, -0.2) is 24.6 Å². The molecule has 1 aromatic rings. The normalized spacial score (nSPS) is 24.8. The SMILES string of the molecule is CCOc1ccc(C(C)N)cc1CN1CCC(C)C(C)C1. The van der Waals surface area contributed by atoms with Gasteiger partial charge in [0.2, 0.25) is 0 Å². The number of benzene rings is 1. The number of piperidine rings is 1. The highest BCUT2D eigenvalue weighted by atomic mass is 16.5. The van der Waals surface area contributed by atoms with Gasteiger partial charge >= 0.3 is 0 Å². The summed E-state index contributed by atoms with van der Waals surface area (Å²) in [5, 5.41) is 0. The average molecular weight is 290 g/mol. The molecule has 3 unspecified atom stereocenters. The van der Waals surface area contributed by atoms with Gasteiger partial charge in [0.25, 0.3) is 0 Å². The zero-order valence-electron chi connectivity index (χ0n) is 13.9.